The monoisotopic (exact) mass is 322 g/mol. The average Bonchev–Trinajstić information content (AvgIpc) is 2.85. The van der Waals surface area contributed by atoms with Crippen molar-refractivity contribution in [1.82, 2.24) is 14.5 Å². The second-order valence-corrected chi connectivity index (χ2v) is 7.10. The summed E-state index contributed by atoms with van der Waals surface area (Å²) in [5.41, 5.74) is 5.64. The summed E-state index contributed by atoms with van der Waals surface area (Å²) < 4.78 is 28.5. The number of sulfonamides is 1. The van der Waals surface area contributed by atoms with Gasteiger partial charge >= 0.3 is 0 Å². The van der Waals surface area contributed by atoms with Crippen molar-refractivity contribution >= 4 is 38.8 Å². The SMILES string of the molecule is Cn1ncc(Cl)c1S(=O)(=O)NC1CCCC1C(N)=S. The molecule has 0 radical (unpaired) electrons. The fraction of sp³-hybridized carbons (Fsp3) is 0.600. The van der Waals surface area contributed by atoms with Crippen LogP contribution in [0.25, 0.3) is 0 Å². The van der Waals surface area contributed by atoms with Gasteiger partial charge in [-0.15, -0.1) is 0 Å². The quantitative estimate of drug-likeness (QED) is 0.800. The smallest absolute Gasteiger partial charge is 0.259 e. The third-order valence-electron chi connectivity index (χ3n) is 3.28. The fourth-order valence-electron chi connectivity index (χ4n) is 2.40. The molecular formula is C10H15ClN4O2S2. The summed E-state index contributed by atoms with van der Waals surface area (Å²) >= 11 is 10.8. The van der Waals surface area contributed by atoms with E-state index < -0.39 is 10.0 Å². The minimum absolute atomic E-state index is 0.0391. The molecule has 6 nitrogen and oxygen atoms in total. The third kappa shape index (κ3) is 2.91. The van der Waals surface area contributed by atoms with Crippen molar-refractivity contribution in [3.05, 3.63) is 11.2 Å². The lowest BCUT2D eigenvalue weighted by Crippen LogP contribution is -2.42. The van der Waals surface area contributed by atoms with Crippen molar-refractivity contribution in [3.63, 3.8) is 0 Å². The lowest BCUT2D eigenvalue weighted by molar-refractivity contribution is 0.515. The second kappa shape index (κ2) is 5.35. The Bertz CT molecular complexity index is 579. The number of rotatable bonds is 4. The molecule has 106 valence electrons. The predicted molar refractivity (Wildman–Crippen MR) is 76.5 cm³/mol. The van der Waals surface area contributed by atoms with Gasteiger partial charge in [0.2, 0.25) is 0 Å². The Hall–Kier alpha value is -0.700. The van der Waals surface area contributed by atoms with Crippen LogP contribution in [0.1, 0.15) is 19.3 Å². The Morgan fingerprint density at radius 1 is 1.63 bits per heavy atom. The zero-order chi connectivity index (χ0) is 14.2. The lowest BCUT2D eigenvalue weighted by Gasteiger charge is -2.19. The van der Waals surface area contributed by atoms with Gasteiger partial charge in [-0.3, -0.25) is 4.68 Å². The maximum Gasteiger partial charge on any atom is 0.259 e. The molecule has 19 heavy (non-hydrogen) atoms. The average molecular weight is 323 g/mol. The topological polar surface area (TPSA) is 90.0 Å². The van der Waals surface area contributed by atoms with E-state index in [0.717, 1.165) is 19.3 Å². The van der Waals surface area contributed by atoms with E-state index in [2.05, 4.69) is 9.82 Å². The summed E-state index contributed by atoms with van der Waals surface area (Å²) in [6.07, 6.45) is 3.72. The highest BCUT2D eigenvalue weighted by atomic mass is 35.5. The van der Waals surface area contributed by atoms with Gasteiger partial charge in [0, 0.05) is 19.0 Å². The predicted octanol–water partition coefficient (Wildman–Crippen LogP) is 0.807. The van der Waals surface area contributed by atoms with E-state index >= 15 is 0 Å². The van der Waals surface area contributed by atoms with Crippen LogP contribution in [0.3, 0.4) is 0 Å². The van der Waals surface area contributed by atoms with Gasteiger partial charge in [-0.05, 0) is 12.8 Å². The van der Waals surface area contributed by atoms with Crippen molar-refractivity contribution in [2.45, 2.75) is 30.3 Å². The van der Waals surface area contributed by atoms with E-state index in [9.17, 15) is 8.42 Å². The van der Waals surface area contributed by atoms with E-state index in [1.807, 2.05) is 0 Å². The number of hydrogen-bond donors (Lipinski definition) is 2. The standard InChI is InChI=1S/C10H15ClN4O2S2/c1-15-10(7(11)5-13-15)19(16,17)14-8-4-2-3-6(8)9(12)18/h5-6,8,14H,2-4H2,1H3,(H2,12,18). The Morgan fingerprint density at radius 3 is 2.84 bits per heavy atom. The van der Waals surface area contributed by atoms with E-state index in [-0.39, 0.29) is 22.0 Å². The zero-order valence-electron chi connectivity index (χ0n) is 10.3. The van der Waals surface area contributed by atoms with Gasteiger partial charge in [-0.1, -0.05) is 30.2 Å². The molecular weight excluding hydrogens is 308 g/mol. The highest BCUT2D eigenvalue weighted by Crippen LogP contribution is 2.28. The molecule has 0 saturated heterocycles. The minimum atomic E-state index is -3.72. The van der Waals surface area contributed by atoms with E-state index in [4.69, 9.17) is 29.6 Å². The van der Waals surface area contributed by atoms with Gasteiger partial charge in [0.25, 0.3) is 10.0 Å². The maximum absolute atomic E-state index is 12.3. The van der Waals surface area contributed by atoms with E-state index in [0.29, 0.717) is 4.99 Å². The molecule has 1 fully saturated rings. The van der Waals surface area contributed by atoms with Gasteiger partial charge in [0.15, 0.2) is 5.03 Å². The van der Waals surface area contributed by atoms with Crippen LogP contribution < -0.4 is 10.5 Å². The Kier molecular flexibility index (Phi) is 4.14. The van der Waals surface area contributed by atoms with Crippen LogP contribution in [0.4, 0.5) is 0 Å². The van der Waals surface area contributed by atoms with Gasteiger partial charge in [0.1, 0.15) is 0 Å². The molecule has 1 saturated carbocycles. The van der Waals surface area contributed by atoms with Crippen LogP contribution >= 0.6 is 23.8 Å². The Morgan fingerprint density at radius 2 is 2.32 bits per heavy atom. The molecule has 1 aromatic heterocycles. The lowest BCUT2D eigenvalue weighted by atomic mass is 10.1. The first-order valence-electron chi connectivity index (χ1n) is 5.82. The summed E-state index contributed by atoms with van der Waals surface area (Å²) in [4.78, 5) is 0.348. The number of nitrogens with zero attached hydrogens (tertiary/aromatic N) is 2. The van der Waals surface area contributed by atoms with Crippen LogP contribution in [-0.2, 0) is 17.1 Å². The van der Waals surface area contributed by atoms with Crippen molar-refractivity contribution < 1.29 is 8.42 Å². The molecule has 1 aromatic rings. The molecule has 2 unspecified atom stereocenters. The molecule has 9 heteroatoms. The number of hydrogen-bond acceptors (Lipinski definition) is 4. The summed E-state index contributed by atoms with van der Waals surface area (Å²) in [5, 5.41) is 3.88. The molecule has 2 rings (SSSR count). The number of aromatic nitrogens is 2. The summed E-state index contributed by atoms with van der Waals surface area (Å²) in [6, 6.07) is -0.270. The first kappa shape index (κ1) is 14.7. The molecule has 2 atom stereocenters. The highest BCUT2D eigenvalue weighted by molar-refractivity contribution is 7.89. The van der Waals surface area contributed by atoms with Gasteiger partial charge in [-0.25, -0.2) is 13.1 Å². The van der Waals surface area contributed by atoms with E-state index in [1.165, 1.54) is 17.9 Å². The molecule has 3 N–H and O–H groups in total. The Balaban J connectivity index is 2.25. The number of aryl methyl sites for hydroxylation is 1. The molecule has 1 heterocycles. The number of halogens is 1. The molecule has 0 spiro atoms. The van der Waals surface area contributed by atoms with Crippen LogP contribution in [0.15, 0.2) is 11.2 Å². The number of nitrogens with one attached hydrogen (secondary N) is 1. The number of nitrogens with two attached hydrogens (primary N) is 1. The molecule has 0 aromatic carbocycles. The summed E-state index contributed by atoms with van der Waals surface area (Å²) in [7, 11) is -2.20. The van der Waals surface area contributed by atoms with Gasteiger partial charge < -0.3 is 5.73 Å². The van der Waals surface area contributed by atoms with Gasteiger partial charge in [0.05, 0.1) is 16.2 Å². The third-order valence-corrected chi connectivity index (χ3v) is 5.58. The summed E-state index contributed by atoms with van der Waals surface area (Å²) in [5.74, 6) is -0.100. The molecule has 0 bridgehead atoms. The fourth-order valence-corrected chi connectivity index (χ4v) is 4.65. The zero-order valence-corrected chi connectivity index (χ0v) is 12.7. The Labute approximate surface area is 122 Å². The number of thiocarbonyl (C=S) groups is 1. The normalized spacial score (nSPS) is 23.7. The largest absolute Gasteiger partial charge is 0.393 e. The van der Waals surface area contributed by atoms with E-state index in [1.54, 1.807) is 0 Å². The maximum atomic E-state index is 12.3. The molecule has 1 aliphatic carbocycles. The van der Waals surface area contributed by atoms with Crippen LogP contribution in [-0.4, -0.2) is 29.2 Å². The first-order chi connectivity index (χ1) is 8.83. The second-order valence-electron chi connectivity index (χ2n) is 4.59. The molecule has 1 aliphatic rings. The molecule has 0 aliphatic heterocycles. The van der Waals surface area contributed by atoms with Crippen LogP contribution in [0, 0.1) is 5.92 Å². The van der Waals surface area contributed by atoms with Crippen molar-refractivity contribution in [1.29, 1.82) is 0 Å². The summed E-state index contributed by atoms with van der Waals surface area (Å²) in [6.45, 7) is 0. The van der Waals surface area contributed by atoms with Crippen LogP contribution in [0.2, 0.25) is 5.02 Å². The highest BCUT2D eigenvalue weighted by Gasteiger charge is 2.34. The minimum Gasteiger partial charge on any atom is -0.393 e. The van der Waals surface area contributed by atoms with Gasteiger partial charge in [-0.2, -0.15) is 5.10 Å². The van der Waals surface area contributed by atoms with Crippen LogP contribution in [0.5, 0.6) is 0 Å². The molecule has 0 amide bonds. The van der Waals surface area contributed by atoms with Crippen molar-refractivity contribution in [3.8, 4) is 0 Å². The van der Waals surface area contributed by atoms with Crippen molar-refractivity contribution in [2.75, 3.05) is 0 Å². The first-order valence-corrected chi connectivity index (χ1v) is 8.09. The van der Waals surface area contributed by atoms with Crippen molar-refractivity contribution in [2.24, 2.45) is 18.7 Å².